The molecule has 0 aromatic heterocycles. The van der Waals surface area contributed by atoms with Crippen LogP contribution < -0.4 is 0 Å². The van der Waals surface area contributed by atoms with Crippen molar-refractivity contribution in [2.24, 2.45) is 0 Å². The Labute approximate surface area is 91.2 Å². The summed E-state index contributed by atoms with van der Waals surface area (Å²) in [6.45, 7) is 2.75. The predicted octanol–water partition coefficient (Wildman–Crippen LogP) is 1.35. The van der Waals surface area contributed by atoms with E-state index in [9.17, 15) is 4.79 Å². The van der Waals surface area contributed by atoms with Gasteiger partial charge in [-0.1, -0.05) is 6.92 Å². The minimum absolute atomic E-state index is 0.208. The van der Waals surface area contributed by atoms with Gasteiger partial charge in [-0.2, -0.15) is 0 Å². The summed E-state index contributed by atoms with van der Waals surface area (Å²) in [5.41, 5.74) is -0.217. The van der Waals surface area contributed by atoms with Gasteiger partial charge in [0.1, 0.15) is 0 Å². The van der Waals surface area contributed by atoms with E-state index in [1.54, 1.807) is 0 Å². The molecule has 0 aliphatic carbocycles. The number of carboxylic acids is 1. The van der Waals surface area contributed by atoms with Gasteiger partial charge in [0.05, 0.1) is 12.5 Å². The zero-order valence-electron chi connectivity index (χ0n) is 9.82. The Kier molecular flexibility index (Phi) is 4.11. The highest BCUT2D eigenvalue weighted by Gasteiger charge is 2.40. The second kappa shape index (κ2) is 4.94. The number of carbonyl (C=O) groups is 1. The Morgan fingerprint density at radius 3 is 2.73 bits per heavy atom. The van der Waals surface area contributed by atoms with Crippen molar-refractivity contribution in [3.8, 4) is 0 Å². The molecule has 0 radical (unpaired) electrons. The number of rotatable bonds is 4. The molecule has 1 rings (SSSR count). The maximum absolute atomic E-state index is 10.9. The largest absolute Gasteiger partial charge is 0.481 e. The summed E-state index contributed by atoms with van der Waals surface area (Å²) in [5.74, 6) is -0.722. The number of hydrogen-bond acceptors (Lipinski definition) is 3. The highest BCUT2D eigenvalue weighted by molar-refractivity contribution is 5.68. The summed E-state index contributed by atoms with van der Waals surface area (Å²) in [6, 6.07) is 0. The van der Waals surface area contributed by atoms with Crippen LogP contribution in [0.3, 0.4) is 0 Å². The third-order valence-corrected chi connectivity index (χ3v) is 3.41. The van der Waals surface area contributed by atoms with Crippen molar-refractivity contribution in [1.82, 2.24) is 4.90 Å². The third kappa shape index (κ3) is 2.92. The first-order valence-electron chi connectivity index (χ1n) is 5.51. The van der Waals surface area contributed by atoms with Crippen molar-refractivity contribution in [3.05, 3.63) is 0 Å². The van der Waals surface area contributed by atoms with E-state index < -0.39 is 5.97 Å². The normalized spacial score (nSPS) is 31.9. The van der Waals surface area contributed by atoms with Crippen LogP contribution in [0.5, 0.6) is 0 Å². The molecule has 15 heavy (non-hydrogen) atoms. The van der Waals surface area contributed by atoms with Gasteiger partial charge in [-0.25, -0.2) is 0 Å². The molecule has 1 fully saturated rings. The van der Waals surface area contributed by atoms with Gasteiger partial charge >= 0.3 is 5.97 Å². The van der Waals surface area contributed by atoms with Crippen molar-refractivity contribution in [2.75, 3.05) is 20.7 Å². The van der Waals surface area contributed by atoms with Gasteiger partial charge in [-0.3, -0.25) is 4.79 Å². The quantitative estimate of drug-likeness (QED) is 0.769. The Hall–Kier alpha value is -0.610. The minimum Gasteiger partial charge on any atom is -0.481 e. The lowest BCUT2D eigenvalue weighted by Gasteiger charge is -2.44. The van der Waals surface area contributed by atoms with Crippen LogP contribution in [0.25, 0.3) is 0 Å². The molecule has 2 atom stereocenters. The maximum Gasteiger partial charge on any atom is 0.305 e. The highest BCUT2D eigenvalue weighted by Crippen LogP contribution is 2.33. The zero-order valence-corrected chi connectivity index (χ0v) is 9.82. The first-order valence-corrected chi connectivity index (χ1v) is 5.51. The molecule has 2 unspecified atom stereocenters. The lowest BCUT2D eigenvalue weighted by atomic mass is 9.82. The molecule has 4 nitrogen and oxygen atoms in total. The van der Waals surface area contributed by atoms with Crippen molar-refractivity contribution in [3.63, 3.8) is 0 Å². The lowest BCUT2D eigenvalue weighted by Crippen LogP contribution is -2.52. The fourth-order valence-electron chi connectivity index (χ4n) is 2.27. The molecular formula is C11H21NO3. The van der Waals surface area contributed by atoms with Gasteiger partial charge in [0.25, 0.3) is 0 Å². The monoisotopic (exact) mass is 215 g/mol. The van der Waals surface area contributed by atoms with Crippen LogP contribution in [-0.4, -0.2) is 48.3 Å². The Morgan fingerprint density at radius 2 is 2.27 bits per heavy atom. The molecule has 0 spiro atoms. The topological polar surface area (TPSA) is 49.8 Å². The van der Waals surface area contributed by atoms with Gasteiger partial charge in [0.15, 0.2) is 0 Å². The van der Waals surface area contributed by atoms with E-state index in [4.69, 9.17) is 9.84 Å². The van der Waals surface area contributed by atoms with Crippen molar-refractivity contribution in [1.29, 1.82) is 0 Å². The zero-order chi connectivity index (χ0) is 11.5. The van der Waals surface area contributed by atoms with E-state index in [-0.39, 0.29) is 18.1 Å². The lowest BCUT2D eigenvalue weighted by molar-refractivity contribution is -0.143. The van der Waals surface area contributed by atoms with Gasteiger partial charge < -0.3 is 14.7 Å². The molecule has 1 N–H and O–H groups in total. The Bertz CT molecular complexity index is 230. The Balaban J connectivity index is 2.75. The van der Waals surface area contributed by atoms with E-state index in [1.807, 2.05) is 19.0 Å². The molecule has 4 heteroatoms. The molecule has 0 bridgehead atoms. The molecule has 0 saturated carbocycles. The van der Waals surface area contributed by atoms with Gasteiger partial charge in [-0.05, 0) is 33.4 Å². The SMILES string of the molecule is CCC1CC(CC(=O)O)(N(C)C)CCO1. The number of hydrogen-bond donors (Lipinski definition) is 1. The highest BCUT2D eigenvalue weighted by atomic mass is 16.5. The molecule has 1 aliphatic rings. The first kappa shape index (κ1) is 12.5. The van der Waals surface area contributed by atoms with Crippen LogP contribution >= 0.6 is 0 Å². The molecule has 0 aromatic rings. The van der Waals surface area contributed by atoms with E-state index in [1.165, 1.54) is 0 Å². The van der Waals surface area contributed by atoms with Crippen LogP contribution in [0, 0.1) is 0 Å². The summed E-state index contributed by atoms with van der Waals surface area (Å²) >= 11 is 0. The standard InChI is InChI=1S/C11H21NO3/c1-4-9-7-11(12(2)3,5-6-15-9)8-10(13)14/h9H,4-8H2,1-3H3,(H,13,14). The predicted molar refractivity (Wildman–Crippen MR) is 57.9 cm³/mol. The van der Waals surface area contributed by atoms with Crippen molar-refractivity contribution in [2.45, 2.75) is 44.2 Å². The van der Waals surface area contributed by atoms with Crippen LogP contribution in [0.4, 0.5) is 0 Å². The van der Waals surface area contributed by atoms with E-state index >= 15 is 0 Å². The average Bonchev–Trinajstić information content (AvgIpc) is 2.16. The van der Waals surface area contributed by atoms with E-state index in [0.717, 1.165) is 19.3 Å². The molecule has 1 saturated heterocycles. The fraction of sp³-hybridized carbons (Fsp3) is 0.909. The van der Waals surface area contributed by atoms with E-state index in [0.29, 0.717) is 6.61 Å². The van der Waals surface area contributed by atoms with Crippen molar-refractivity contribution >= 4 is 5.97 Å². The number of aliphatic carboxylic acids is 1. The molecule has 1 heterocycles. The van der Waals surface area contributed by atoms with Gasteiger partial charge in [0.2, 0.25) is 0 Å². The van der Waals surface area contributed by atoms with Crippen molar-refractivity contribution < 1.29 is 14.6 Å². The summed E-state index contributed by atoms with van der Waals surface area (Å²) in [4.78, 5) is 13.0. The molecular weight excluding hydrogens is 194 g/mol. The van der Waals surface area contributed by atoms with Crippen LogP contribution in [0.2, 0.25) is 0 Å². The second-order valence-electron chi connectivity index (χ2n) is 4.54. The summed E-state index contributed by atoms with van der Waals surface area (Å²) < 4.78 is 5.59. The smallest absolute Gasteiger partial charge is 0.305 e. The second-order valence-corrected chi connectivity index (χ2v) is 4.54. The average molecular weight is 215 g/mol. The van der Waals surface area contributed by atoms with Crippen LogP contribution in [-0.2, 0) is 9.53 Å². The third-order valence-electron chi connectivity index (χ3n) is 3.41. The first-order chi connectivity index (χ1) is 7.00. The number of nitrogens with zero attached hydrogens (tertiary/aromatic N) is 1. The number of carboxylic acid groups (broad SMARTS) is 1. The molecule has 0 aromatic carbocycles. The number of ether oxygens (including phenoxy) is 1. The van der Waals surface area contributed by atoms with Crippen LogP contribution in [0.15, 0.2) is 0 Å². The minimum atomic E-state index is -0.722. The summed E-state index contributed by atoms with van der Waals surface area (Å²) in [5, 5.41) is 8.97. The Morgan fingerprint density at radius 1 is 1.60 bits per heavy atom. The van der Waals surface area contributed by atoms with E-state index in [2.05, 4.69) is 6.92 Å². The maximum atomic E-state index is 10.9. The summed E-state index contributed by atoms with van der Waals surface area (Å²) in [6.07, 6.45) is 3.00. The molecule has 0 amide bonds. The van der Waals surface area contributed by atoms with Crippen LogP contribution in [0.1, 0.15) is 32.6 Å². The summed E-state index contributed by atoms with van der Waals surface area (Å²) in [7, 11) is 3.92. The van der Waals surface area contributed by atoms with Gasteiger partial charge in [0, 0.05) is 12.1 Å². The molecule has 88 valence electrons. The fourth-order valence-corrected chi connectivity index (χ4v) is 2.27. The molecule has 1 aliphatic heterocycles. The van der Waals surface area contributed by atoms with Gasteiger partial charge in [-0.15, -0.1) is 0 Å².